The van der Waals surface area contributed by atoms with E-state index in [9.17, 15) is 9.59 Å². The number of hydrogen-bond donors (Lipinski definition) is 3. The molecule has 2 aliphatic rings. The minimum atomic E-state index is -0.339. The van der Waals surface area contributed by atoms with Gasteiger partial charge in [-0.15, -0.1) is 0 Å². The van der Waals surface area contributed by atoms with Gasteiger partial charge in [-0.2, -0.15) is 0 Å². The van der Waals surface area contributed by atoms with Gasteiger partial charge in [0.05, 0.1) is 6.04 Å². The summed E-state index contributed by atoms with van der Waals surface area (Å²) in [4.78, 5) is 23.7. The lowest BCUT2D eigenvalue weighted by atomic mass is 10.0. The maximum atomic E-state index is 12.0. The first-order valence-electron chi connectivity index (χ1n) is 6.59. The summed E-state index contributed by atoms with van der Waals surface area (Å²) >= 11 is 0. The molecule has 2 saturated heterocycles. The van der Waals surface area contributed by atoms with Crippen LogP contribution in [0.2, 0.25) is 0 Å². The van der Waals surface area contributed by atoms with Gasteiger partial charge in [0.1, 0.15) is 6.04 Å². The molecular weight excluding hydrogens is 218 g/mol. The molecule has 2 heterocycles. The van der Waals surface area contributed by atoms with Crippen LogP contribution < -0.4 is 16.0 Å². The maximum absolute atomic E-state index is 12.0. The van der Waals surface area contributed by atoms with Crippen LogP contribution in [0, 0.1) is 0 Å². The fourth-order valence-corrected chi connectivity index (χ4v) is 2.42. The van der Waals surface area contributed by atoms with Crippen molar-refractivity contribution in [3.05, 3.63) is 0 Å². The lowest BCUT2D eigenvalue weighted by Crippen LogP contribution is -2.53. The van der Waals surface area contributed by atoms with E-state index in [1.807, 2.05) is 0 Å². The van der Waals surface area contributed by atoms with Crippen molar-refractivity contribution in [2.24, 2.45) is 0 Å². The molecule has 0 saturated carbocycles. The Kier molecular flexibility index (Phi) is 4.36. The molecule has 0 radical (unpaired) electrons. The van der Waals surface area contributed by atoms with Crippen LogP contribution in [0.5, 0.6) is 0 Å². The number of carbonyl (C=O) groups is 2. The zero-order valence-electron chi connectivity index (χ0n) is 10.1. The predicted octanol–water partition coefficient (Wildman–Crippen LogP) is -0.0866. The Morgan fingerprint density at radius 2 is 1.88 bits per heavy atom. The highest BCUT2D eigenvalue weighted by molar-refractivity contribution is 5.89. The van der Waals surface area contributed by atoms with E-state index in [-0.39, 0.29) is 23.9 Å². The summed E-state index contributed by atoms with van der Waals surface area (Å²) in [5, 5.41) is 8.89. The fraction of sp³-hybridized carbons (Fsp3) is 0.833. The topological polar surface area (TPSA) is 70.2 Å². The molecule has 96 valence electrons. The highest BCUT2D eigenvalue weighted by Gasteiger charge is 2.26. The molecule has 0 aromatic heterocycles. The Morgan fingerprint density at radius 3 is 2.65 bits per heavy atom. The lowest BCUT2D eigenvalue weighted by Gasteiger charge is -2.24. The molecule has 5 heteroatoms. The summed E-state index contributed by atoms with van der Waals surface area (Å²) in [6.07, 6.45) is 5.84. The smallest absolute Gasteiger partial charge is 0.242 e. The van der Waals surface area contributed by atoms with E-state index >= 15 is 0 Å². The van der Waals surface area contributed by atoms with Crippen molar-refractivity contribution in [1.29, 1.82) is 0 Å². The van der Waals surface area contributed by atoms with Crippen molar-refractivity contribution in [1.82, 2.24) is 16.0 Å². The van der Waals surface area contributed by atoms with Gasteiger partial charge < -0.3 is 16.0 Å². The van der Waals surface area contributed by atoms with Gasteiger partial charge in [0.15, 0.2) is 0 Å². The van der Waals surface area contributed by atoms with E-state index in [1.165, 1.54) is 0 Å². The quantitative estimate of drug-likeness (QED) is 0.631. The number of nitrogens with one attached hydrogen (secondary N) is 3. The number of amides is 2. The largest absolute Gasteiger partial charge is 0.354 e. The predicted molar refractivity (Wildman–Crippen MR) is 64.4 cm³/mol. The molecule has 2 aliphatic heterocycles. The van der Waals surface area contributed by atoms with Crippen LogP contribution in [-0.2, 0) is 9.59 Å². The molecule has 2 fully saturated rings. The van der Waals surface area contributed by atoms with E-state index in [0.717, 1.165) is 51.6 Å². The molecule has 0 aromatic carbocycles. The molecule has 0 aliphatic carbocycles. The summed E-state index contributed by atoms with van der Waals surface area (Å²) in [6.45, 7) is 1.63. The van der Waals surface area contributed by atoms with Crippen molar-refractivity contribution in [3.63, 3.8) is 0 Å². The van der Waals surface area contributed by atoms with Crippen LogP contribution in [-0.4, -0.2) is 37.0 Å². The Morgan fingerprint density at radius 1 is 1.12 bits per heavy atom. The lowest BCUT2D eigenvalue weighted by molar-refractivity contribution is -0.130. The third-order valence-corrected chi connectivity index (χ3v) is 3.48. The monoisotopic (exact) mass is 239 g/mol. The number of hydrogen-bond acceptors (Lipinski definition) is 3. The third-order valence-electron chi connectivity index (χ3n) is 3.48. The molecule has 0 bridgehead atoms. The summed E-state index contributed by atoms with van der Waals surface area (Å²) in [5.41, 5.74) is 0. The molecule has 2 rings (SSSR count). The molecule has 2 unspecified atom stereocenters. The van der Waals surface area contributed by atoms with E-state index in [4.69, 9.17) is 0 Å². The van der Waals surface area contributed by atoms with Crippen LogP contribution in [0.15, 0.2) is 0 Å². The second-order valence-corrected chi connectivity index (χ2v) is 4.85. The van der Waals surface area contributed by atoms with Crippen LogP contribution in [0.25, 0.3) is 0 Å². The van der Waals surface area contributed by atoms with Crippen molar-refractivity contribution < 1.29 is 9.59 Å². The average Bonchev–Trinajstić information content (AvgIpc) is 2.56. The van der Waals surface area contributed by atoms with Gasteiger partial charge in [0.2, 0.25) is 11.8 Å². The van der Waals surface area contributed by atoms with Gasteiger partial charge in [-0.05, 0) is 38.6 Å². The summed E-state index contributed by atoms with van der Waals surface area (Å²) in [7, 11) is 0. The summed E-state index contributed by atoms with van der Waals surface area (Å²) in [6, 6.07) is -0.450. The first kappa shape index (κ1) is 12.4. The van der Waals surface area contributed by atoms with Crippen LogP contribution in [0.3, 0.4) is 0 Å². The summed E-state index contributed by atoms with van der Waals surface area (Å²) in [5.74, 6) is -0.0570. The zero-order valence-corrected chi connectivity index (χ0v) is 10.1. The molecule has 2 amide bonds. The van der Waals surface area contributed by atoms with Gasteiger partial charge in [-0.3, -0.25) is 9.59 Å². The van der Waals surface area contributed by atoms with Crippen molar-refractivity contribution in [2.75, 3.05) is 13.1 Å². The zero-order chi connectivity index (χ0) is 12.1. The molecule has 0 spiro atoms. The standard InChI is InChI=1S/C12H21N3O2/c16-11-10(6-2-4-8-14-11)15-12(17)9-5-1-3-7-13-9/h9-10,13H,1-8H2,(H,14,16)(H,15,17). The highest BCUT2D eigenvalue weighted by atomic mass is 16.2. The summed E-state index contributed by atoms with van der Waals surface area (Å²) < 4.78 is 0. The van der Waals surface area contributed by atoms with E-state index in [0.29, 0.717) is 0 Å². The van der Waals surface area contributed by atoms with Gasteiger partial charge >= 0.3 is 0 Å². The van der Waals surface area contributed by atoms with Gasteiger partial charge in [-0.25, -0.2) is 0 Å². The van der Waals surface area contributed by atoms with E-state index in [1.54, 1.807) is 0 Å². The third kappa shape index (κ3) is 3.43. The minimum absolute atomic E-state index is 0.0215. The Bertz CT molecular complexity index is 287. The second-order valence-electron chi connectivity index (χ2n) is 4.85. The van der Waals surface area contributed by atoms with E-state index in [2.05, 4.69) is 16.0 Å². The van der Waals surface area contributed by atoms with Crippen LogP contribution in [0.1, 0.15) is 38.5 Å². The molecule has 2 atom stereocenters. The maximum Gasteiger partial charge on any atom is 0.242 e. The molecule has 3 N–H and O–H groups in total. The van der Waals surface area contributed by atoms with Crippen molar-refractivity contribution in [3.8, 4) is 0 Å². The van der Waals surface area contributed by atoms with Crippen LogP contribution >= 0.6 is 0 Å². The van der Waals surface area contributed by atoms with E-state index < -0.39 is 0 Å². The van der Waals surface area contributed by atoms with Crippen LogP contribution in [0.4, 0.5) is 0 Å². The Hall–Kier alpha value is -1.10. The van der Waals surface area contributed by atoms with Crippen molar-refractivity contribution in [2.45, 2.75) is 50.6 Å². The fourth-order valence-electron chi connectivity index (χ4n) is 2.42. The van der Waals surface area contributed by atoms with Gasteiger partial charge in [0.25, 0.3) is 0 Å². The second kappa shape index (κ2) is 6.00. The Labute approximate surface area is 102 Å². The first-order valence-corrected chi connectivity index (χ1v) is 6.59. The molecule has 17 heavy (non-hydrogen) atoms. The van der Waals surface area contributed by atoms with Gasteiger partial charge in [-0.1, -0.05) is 6.42 Å². The molecule has 5 nitrogen and oxygen atoms in total. The first-order chi connectivity index (χ1) is 8.27. The number of carbonyl (C=O) groups excluding carboxylic acids is 2. The minimum Gasteiger partial charge on any atom is -0.354 e. The normalized spacial score (nSPS) is 30.2. The number of rotatable bonds is 2. The van der Waals surface area contributed by atoms with Gasteiger partial charge in [0, 0.05) is 6.54 Å². The molecular formula is C12H21N3O2. The average molecular weight is 239 g/mol. The number of piperidine rings is 1. The van der Waals surface area contributed by atoms with Crippen molar-refractivity contribution >= 4 is 11.8 Å². The SMILES string of the molecule is O=C(NC1CCCCNC1=O)C1CCCCN1. The molecule has 0 aromatic rings. The Balaban J connectivity index is 1.85. The highest BCUT2D eigenvalue weighted by Crippen LogP contribution is 2.09.